The van der Waals surface area contributed by atoms with Gasteiger partial charge in [0.15, 0.2) is 5.89 Å². The number of aromatic amines is 1. The number of hydrogen-bond acceptors (Lipinski definition) is 14. The Hall–Kier alpha value is -5.80. The molecule has 0 atom stereocenters. The maximum absolute atomic E-state index is 7.48. The molecule has 10 rings (SSSR count). The molecular formula is C46H59N14OS2U-. The molecule has 0 aliphatic carbocycles. The topological polar surface area (TPSA) is 180 Å². The van der Waals surface area contributed by atoms with Crippen LogP contribution in [0.4, 0.5) is 0 Å². The monoisotopic (exact) mass is 1130 g/mol. The normalized spacial score (nSPS) is 10.2. The third-order valence-electron chi connectivity index (χ3n) is 7.56. The molecule has 64 heavy (non-hydrogen) atoms. The number of benzene rings is 1. The molecule has 0 saturated carbocycles. The van der Waals surface area contributed by atoms with E-state index in [0.29, 0.717) is 6.30 Å². The van der Waals surface area contributed by atoms with Crippen LogP contribution in [0.2, 0.25) is 0 Å². The largest absolute Gasteiger partial charge is 0.449 e. The molecule has 0 unspecified atom stereocenters. The minimum absolute atomic E-state index is 0. The zero-order valence-corrected chi connectivity index (χ0v) is 44.5. The summed E-state index contributed by atoms with van der Waals surface area (Å²) in [5, 5.41) is 11.6. The fraction of sp³-hybridized carbons (Fsp3) is 0.283. The van der Waals surface area contributed by atoms with E-state index in [9.17, 15) is 0 Å². The van der Waals surface area contributed by atoms with Gasteiger partial charge in [-0.05, 0) is 84.6 Å². The second kappa shape index (κ2) is 33.7. The second-order valence-corrected chi connectivity index (χ2v) is 15.6. The standard InChI is InChI=1S/C9H9N2.C6H7N.C5H8N2.C5H6N2.C5H7NS.2C4H6N2.C4H5NO.C4H5NS.U/c1-7-4-3-5-8-9(7)10-6-11(8)2;1-6-4-2-3-5-7-6;1-5-6-3-4-7(5)2;1-5-6-3-2-4-7-5;1-4-3-6-5(2)7-4;1-4-5-2-3-6-4;1-4-2-3-5-6-4;2*1-4-5-2-3-6-4;/h3,5-6H,1-2H3;2-5H,1H3;3-4H,1-2H3;2-4H,1H3;3H,1-2H3;2-3H,1H3,(H,5,6);3H,2H2,1H3;2*2-3H,1H3;/q-1;;;;;;;;;/i6T;;;;;;;;;. The summed E-state index contributed by atoms with van der Waals surface area (Å²) >= 11 is 3.40. The first kappa shape index (κ1) is 54.3. The molecule has 9 aromatic rings. The van der Waals surface area contributed by atoms with E-state index in [1.807, 2.05) is 122 Å². The first-order valence-electron chi connectivity index (χ1n) is 20.1. The summed E-state index contributed by atoms with van der Waals surface area (Å²) in [6, 6.07) is 14.5. The summed E-state index contributed by atoms with van der Waals surface area (Å²) in [6.07, 6.45) is 22.4. The first-order valence-corrected chi connectivity index (χ1v) is 21.3. The van der Waals surface area contributed by atoms with Crippen LogP contribution in [0, 0.1) is 99.5 Å². The van der Waals surface area contributed by atoms with Gasteiger partial charge in [0.2, 0.25) is 0 Å². The summed E-state index contributed by atoms with van der Waals surface area (Å²) in [5.74, 6) is 3.56. The predicted octanol–water partition coefficient (Wildman–Crippen LogP) is 10.3. The molecule has 18 heteroatoms. The third kappa shape index (κ3) is 26.6. The van der Waals surface area contributed by atoms with Crippen LogP contribution in [0.5, 0.6) is 0 Å². The van der Waals surface area contributed by atoms with Crippen molar-refractivity contribution in [1.29, 1.82) is 0 Å². The molecule has 1 N–H and O–H groups in total. The molecule has 0 amide bonds. The van der Waals surface area contributed by atoms with Gasteiger partial charge in [-0.25, -0.2) is 29.9 Å². The van der Waals surface area contributed by atoms with E-state index in [1.165, 1.54) is 4.88 Å². The molecule has 9 heterocycles. The summed E-state index contributed by atoms with van der Waals surface area (Å²) in [4.78, 5) is 39.6. The van der Waals surface area contributed by atoms with Crippen LogP contribution >= 0.6 is 22.7 Å². The van der Waals surface area contributed by atoms with Gasteiger partial charge in [-0.15, -0.1) is 34.3 Å². The van der Waals surface area contributed by atoms with E-state index in [2.05, 4.69) is 73.0 Å². The number of nitrogens with one attached hydrogen (secondary N) is 1. The number of rotatable bonds is 0. The molecular weight excluding hydrogens is 1070 g/mol. The number of fused-ring (bicyclic) bond motifs is 1. The molecule has 0 fully saturated rings. The number of aromatic nitrogens is 12. The van der Waals surface area contributed by atoms with Crippen LogP contribution in [-0.4, -0.2) is 70.9 Å². The molecule has 1 aromatic carbocycles. The number of pyridine rings is 1. The third-order valence-corrected chi connectivity index (χ3v) is 9.09. The zero-order valence-electron chi connectivity index (χ0n) is 39.7. The van der Waals surface area contributed by atoms with Crippen molar-refractivity contribution in [2.24, 2.45) is 24.3 Å². The Morgan fingerprint density at radius 1 is 0.734 bits per heavy atom. The van der Waals surface area contributed by atoms with Crippen molar-refractivity contribution in [3.05, 3.63) is 172 Å². The maximum atomic E-state index is 7.48. The number of thiazole rings is 2. The van der Waals surface area contributed by atoms with Crippen molar-refractivity contribution < 1.29 is 36.9 Å². The van der Waals surface area contributed by atoms with Gasteiger partial charge in [0.25, 0.3) is 0 Å². The van der Waals surface area contributed by atoms with Crippen LogP contribution < -0.4 is 0 Å². The van der Waals surface area contributed by atoms with Gasteiger partial charge >= 0.3 is 0 Å². The molecule has 336 valence electrons. The molecule has 0 bridgehead atoms. The summed E-state index contributed by atoms with van der Waals surface area (Å²) in [6.45, 7) is 19.5. The van der Waals surface area contributed by atoms with Gasteiger partial charge in [-0.3, -0.25) is 9.97 Å². The number of nitrogens with zero attached hydrogens (tertiary/aromatic N) is 13. The number of H-pyrrole nitrogens is 1. The quantitative estimate of drug-likeness (QED) is 0.144. The maximum Gasteiger partial charge on any atom is 0.190 e. The van der Waals surface area contributed by atoms with Crippen molar-refractivity contribution in [3.63, 3.8) is 0 Å². The van der Waals surface area contributed by atoms with Crippen LogP contribution in [0.25, 0.3) is 11.0 Å². The van der Waals surface area contributed by atoms with Crippen LogP contribution in [0.1, 0.15) is 64.2 Å². The second-order valence-electron chi connectivity index (χ2n) is 13.1. The van der Waals surface area contributed by atoms with Crippen molar-refractivity contribution in [2.45, 2.75) is 75.7 Å². The molecule has 0 saturated heterocycles. The Labute approximate surface area is 410 Å². The first-order chi connectivity index (χ1) is 30.7. The smallest absolute Gasteiger partial charge is 0.190 e. The van der Waals surface area contributed by atoms with Crippen LogP contribution in [0.15, 0.2) is 131 Å². The average Bonchev–Trinajstić information content (AvgIpc) is 4.16. The van der Waals surface area contributed by atoms with Gasteiger partial charge in [0, 0.05) is 142 Å². The van der Waals surface area contributed by atoms with Gasteiger partial charge < -0.3 is 23.5 Å². The van der Waals surface area contributed by atoms with E-state index < -0.39 is 0 Å². The Kier molecular flexibility index (Phi) is 28.6. The Bertz CT molecular complexity index is 2430. The van der Waals surface area contributed by atoms with Crippen LogP contribution in [0.3, 0.4) is 0 Å². The number of imidazole rings is 3. The van der Waals surface area contributed by atoms with Crippen molar-refractivity contribution >= 4 is 45.6 Å². The van der Waals surface area contributed by atoms with Crippen molar-refractivity contribution in [3.8, 4) is 0 Å². The Morgan fingerprint density at radius 3 is 1.77 bits per heavy atom. The minimum atomic E-state index is 0. The summed E-state index contributed by atoms with van der Waals surface area (Å²) < 4.78 is 15.9. The fourth-order valence-electron chi connectivity index (χ4n) is 4.19. The summed E-state index contributed by atoms with van der Waals surface area (Å²) in [5.41, 5.74) is 5.06. The van der Waals surface area contributed by atoms with E-state index in [0.717, 1.165) is 67.8 Å². The Balaban J connectivity index is 0.000000369. The van der Waals surface area contributed by atoms with Crippen LogP contribution in [-0.2, 0) is 14.1 Å². The fourth-order valence-corrected chi connectivity index (χ4v) is 5.31. The van der Waals surface area contributed by atoms with E-state index in [4.69, 9.17) is 5.79 Å². The van der Waals surface area contributed by atoms with E-state index >= 15 is 0 Å². The van der Waals surface area contributed by atoms with Crippen molar-refractivity contribution in [1.82, 2.24) is 59.0 Å². The van der Waals surface area contributed by atoms with E-state index in [1.54, 1.807) is 102 Å². The van der Waals surface area contributed by atoms with Gasteiger partial charge in [-0.2, -0.15) is 22.3 Å². The predicted molar refractivity (Wildman–Crippen MR) is 257 cm³/mol. The average molecular weight is 1130 g/mol. The minimum Gasteiger partial charge on any atom is -0.449 e. The van der Waals surface area contributed by atoms with Gasteiger partial charge in [0.05, 0.1) is 22.5 Å². The van der Waals surface area contributed by atoms with Crippen molar-refractivity contribution in [2.75, 3.05) is 0 Å². The molecule has 1 aliphatic rings. The summed E-state index contributed by atoms with van der Waals surface area (Å²) in [7, 11) is 3.82. The number of aryl methyl sites for hydroxylation is 11. The molecule has 15 nitrogen and oxygen atoms in total. The molecule has 0 radical (unpaired) electrons. The molecule has 1 aliphatic heterocycles. The number of oxazole rings is 1. The van der Waals surface area contributed by atoms with E-state index in [-0.39, 0.29) is 31.1 Å². The van der Waals surface area contributed by atoms with Gasteiger partial charge in [0.1, 0.15) is 25.1 Å². The molecule has 8 aromatic heterocycles. The zero-order chi connectivity index (χ0) is 47.1. The SMILES string of the molecule is CC1=NN=CC1.Cc1ccccn1.Cc1cnc(C)s1.Cc1ncc[nH]1.Cc1ncccn1.Cc1nccn1C.Cc1ncco1.Cc1nccs1.[3H]c1nc2c(C)[c-]ccc2n1C.[U]. The van der Waals surface area contributed by atoms with Gasteiger partial charge in [-0.1, -0.05) is 13.0 Å². The Morgan fingerprint density at radius 2 is 1.48 bits per heavy atom. The molecule has 0 spiro atoms. The number of hydrogen-bond donors (Lipinski definition) is 1.